The summed E-state index contributed by atoms with van der Waals surface area (Å²) in [5.74, 6) is -1.88. The van der Waals surface area contributed by atoms with Crippen LogP contribution in [0.15, 0.2) is 54.1 Å². The molecular weight excluding hydrogens is 408 g/mol. The first-order valence-electron chi connectivity index (χ1n) is 9.06. The molecule has 30 heavy (non-hydrogen) atoms. The third kappa shape index (κ3) is 2.84. The summed E-state index contributed by atoms with van der Waals surface area (Å²) in [5, 5.41) is 5.38. The minimum atomic E-state index is -1.93. The van der Waals surface area contributed by atoms with Gasteiger partial charge in [-0.05, 0) is 30.7 Å². The minimum absolute atomic E-state index is 0.0893. The summed E-state index contributed by atoms with van der Waals surface area (Å²) in [6.45, 7) is 0.933. The van der Waals surface area contributed by atoms with Gasteiger partial charge >= 0.3 is 6.03 Å². The molecule has 1 unspecified atom stereocenters. The van der Waals surface area contributed by atoms with E-state index in [1.165, 1.54) is 13.0 Å². The maximum Gasteiger partial charge on any atom is 0.326 e. The van der Waals surface area contributed by atoms with Gasteiger partial charge in [0.05, 0.1) is 6.54 Å². The average Bonchev–Trinajstić information content (AvgIpc) is 3.14. The molecular formula is C21H17ClN4O4. The van der Waals surface area contributed by atoms with Crippen LogP contribution in [0.2, 0.25) is 5.02 Å². The molecule has 4 rings (SSSR count). The maximum absolute atomic E-state index is 13.3. The van der Waals surface area contributed by atoms with E-state index in [0.29, 0.717) is 16.3 Å². The number of hydrogen-bond acceptors (Lipinski definition) is 5. The molecule has 2 aromatic carbocycles. The van der Waals surface area contributed by atoms with Gasteiger partial charge in [0.1, 0.15) is 0 Å². The quantitative estimate of drug-likeness (QED) is 0.393. The summed E-state index contributed by atoms with van der Waals surface area (Å²) in [6, 6.07) is 12.5. The zero-order chi connectivity index (χ0) is 21.6. The Labute approximate surface area is 176 Å². The van der Waals surface area contributed by atoms with Gasteiger partial charge in [-0.1, -0.05) is 41.9 Å². The number of benzene rings is 2. The Morgan fingerprint density at radius 3 is 2.50 bits per heavy atom. The lowest BCUT2D eigenvalue weighted by Gasteiger charge is -2.20. The van der Waals surface area contributed by atoms with E-state index >= 15 is 0 Å². The molecule has 4 amide bonds. The van der Waals surface area contributed by atoms with Crippen molar-refractivity contribution in [1.29, 1.82) is 0 Å². The van der Waals surface area contributed by atoms with Crippen molar-refractivity contribution in [2.75, 3.05) is 11.9 Å². The van der Waals surface area contributed by atoms with E-state index < -0.39 is 29.2 Å². The zero-order valence-corrected chi connectivity index (χ0v) is 16.6. The second kappa shape index (κ2) is 7.00. The molecule has 8 nitrogen and oxygen atoms in total. The SMILES string of the molecule is CC(=O)C(CN1C(=O)NC2(C(=O)Nc3ccc(Cl)cc32)C1=O)=C(N)c1ccccc1. The monoisotopic (exact) mass is 424 g/mol. The number of hydrogen-bond donors (Lipinski definition) is 3. The Morgan fingerprint density at radius 2 is 1.83 bits per heavy atom. The molecule has 0 saturated carbocycles. The second-order valence-corrected chi connectivity index (χ2v) is 7.47. The van der Waals surface area contributed by atoms with Crippen LogP contribution in [0.4, 0.5) is 10.5 Å². The van der Waals surface area contributed by atoms with Crippen LogP contribution >= 0.6 is 11.6 Å². The summed E-state index contributed by atoms with van der Waals surface area (Å²) in [7, 11) is 0. The molecule has 2 aromatic rings. The number of rotatable bonds is 4. The normalized spacial score (nSPS) is 20.7. The summed E-state index contributed by atoms with van der Waals surface area (Å²) >= 11 is 6.04. The number of nitrogens with two attached hydrogens (primary N) is 1. The van der Waals surface area contributed by atoms with Gasteiger partial charge in [0, 0.05) is 27.5 Å². The first-order valence-corrected chi connectivity index (χ1v) is 9.44. The molecule has 0 aliphatic carbocycles. The number of halogens is 1. The molecule has 152 valence electrons. The number of carbonyl (C=O) groups is 4. The van der Waals surface area contributed by atoms with Gasteiger partial charge in [-0.3, -0.25) is 19.3 Å². The molecule has 1 atom stereocenters. The van der Waals surface area contributed by atoms with Gasteiger partial charge in [0.15, 0.2) is 5.78 Å². The molecule has 2 heterocycles. The summed E-state index contributed by atoms with van der Waals surface area (Å²) in [6.07, 6.45) is 0. The van der Waals surface area contributed by atoms with Gasteiger partial charge in [0.2, 0.25) is 5.54 Å². The molecule has 1 saturated heterocycles. The van der Waals surface area contributed by atoms with Crippen molar-refractivity contribution in [1.82, 2.24) is 10.2 Å². The standard InChI is InChI=1S/C21H17ClN4O4/c1-11(27)14(17(23)12-5-3-2-4-6-12)10-26-19(29)21(25-20(26)30)15-9-13(22)7-8-16(15)24-18(21)28/h2-9H,10,23H2,1H3,(H,24,28)(H,25,30). The first kappa shape index (κ1) is 19.7. The van der Waals surface area contributed by atoms with Crippen molar-refractivity contribution in [2.24, 2.45) is 5.73 Å². The zero-order valence-electron chi connectivity index (χ0n) is 15.9. The van der Waals surface area contributed by atoms with E-state index in [1.807, 2.05) is 0 Å². The van der Waals surface area contributed by atoms with Gasteiger partial charge < -0.3 is 16.4 Å². The number of nitrogens with zero attached hydrogens (tertiary/aromatic N) is 1. The molecule has 4 N–H and O–H groups in total. The minimum Gasteiger partial charge on any atom is -0.398 e. The number of imide groups is 1. The van der Waals surface area contributed by atoms with Crippen LogP contribution in [0, 0.1) is 0 Å². The van der Waals surface area contributed by atoms with Crippen LogP contribution in [-0.2, 0) is 19.9 Å². The number of ketones is 1. The topological polar surface area (TPSA) is 122 Å². The van der Waals surface area contributed by atoms with E-state index in [1.54, 1.807) is 42.5 Å². The van der Waals surface area contributed by atoms with Crippen LogP contribution < -0.4 is 16.4 Å². The fourth-order valence-electron chi connectivity index (χ4n) is 3.67. The Hall–Kier alpha value is -3.65. The van der Waals surface area contributed by atoms with Gasteiger partial charge in [-0.2, -0.15) is 0 Å². The molecule has 0 radical (unpaired) electrons. The maximum atomic E-state index is 13.3. The third-order valence-corrected chi connectivity index (χ3v) is 5.47. The molecule has 2 aliphatic rings. The van der Waals surface area contributed by atoms with Crippen molar-refractivity contribution < 1.29 is 19.2 Å². The first-order chi connectivity index (χ1) is 14.3. The predicted molar refractivity (Wildman–Crippen MR) is 110 cm³/mol. The Bertz CT molecular complexity index is 1140. The van der Waals surface area contributed by atoms with E-state index in [2.05, 4.69) is 10.6 Å². The van der Waals surface area contributed by atoms with E-state index in [0.717, 1.165) is 4.90 Å². The van der Waals surface area contributed by atoms with Gasteiger partial charge in [-0.15, -0.1) is 0 Å². The number of amides is 4. The highest BCUT2D eigenvalue weighted by atomic mass is 35.5. The molecule has 1 fully saturated rings. The largest absolute Gasteiger partial charge is 0.398 e. The predicted octanol–water partition coefficient (Wildman–Crippen LogP) is 2.00. The van der Waals surface area contributed by atoms with Crippen molar-refractivity contribution in [3.63, 3.8) is 0 Å². The lowest BCUT2D eigenvalue weighted by atomic mass is 9.91. The molecule has 2 aliphatic heterocycles. The van der Waals surface area contributed by atoms with E-state index in [-0.39, 0.29) is 23.4 Å². The number of anilines is 1. The fraction of sp³-hybridized carbons (Fsp3) is 0.143. The molecule has 1 spiro atoms. The van der Waals surface area contributed by atoms with Crippen LogP contribution in [-0.4, -0.2) is 35.1 Å². The Kier molecular flexibility index (Phi) is 4.58. The lowest BCUT2D eigenvalue weighted by molar-refractivity contribution is -0.137. The number of urea groups is 1. The van der Waals surface area contributed by atoms with Crippen molar-refractivity contribution >= 4 is 46.6 Å². The summed E-state index contributed by atoms with van der Waals surface area (Å²) < 4.78 is 0. The highest BCUT2D eigenvalue weighted by Crippen LogP contribution is 2.41. The lowest BCUT2D eigenvalue weighted by Crippen LogP contribution is -2.49. The van der Waals surface area contributed by atoms with Gasteiger partial charge in [-0.25, -0.2) is 4.79 Å². The molecule has 0 bridgehead atoms. The number of Topliss-reactive ketones (excluding diaryl/α,β-unsaturated/α-hetero) is 1. The van der Waals surface area contributed by atoms with Crippen LogP contribution in [0.1, 0.15) is 18.1 Å². The van der Waals surface area contributed by atoms with Crippen molar-refractivity contribution in [2.45, 2.75) is 12.5 Å². The van der Waals surface area contributed by atoms with Crippen LogP contribution in [0.25, 0.3) is 5.70 Å². The van der Waals surface area contributed by atoms with E-state index in [4.69, 9.17) is 17.3 Å². The highest BCUT2D eigenvalue weighted by Gasteiger charge is 2.61. The molecule has 0 aromatic heterocycles. The number of carbonyl (C=O) groups excluding carboxylic acids is 4. The number of fused-ring (bicyclic) bond motifs is 2. The highest BCUT2D eigenvalue weighted by molar-refractivity contribution is 6.32. The average molecular weight is 425 g/mol. The smallest absolute Gasteiger partial charge is 0.326 e. The second-order valence-electron chi connectivity index (χ2n) is 7.03. The van der Waals surface area contributed by atoms with Crippen LogP contribution in [0.5, 0.6) is 0 Å². The Morgan fingerprint density at radius 1 is 1.13 bits per heavy atom. The third-order valence-electron chi connectivity index (χ3n) is 5.23. The fourth-order valence-corrected chi connectivity index (χ4v) is 3.84. The molecule has 9 heteroatoms. The number of nitrogens with one attached hydrogen (secondary N) is 2. The van der Waals surface area contributed by atoms with E-state index in [9.17, 15) is 19.2 Å². The summed E-state index contributed by atoms with van der Waals surface area (Å²) in [4.78, 5) is 51.8. The van der Waals surface area contributed by atoms with Crippen LogP contribution in [0.3, 0.4) is 0 Å². The van der Waals surface area contributed by atoms with Gasteiger partial charge in [0.25, 0.3) is 11.8 Å². The van der Waals surface area contributed by atoms with Crippen molar-refractivity contribution in [3.8, 4) is 0 Å². The van der Waals surface area contributed by atoms with Crippen molar-refractivity contribution in [3.05, 3.63) is 70.3 Å². The summed E-state index contributed by atoms with van der Waals surface area (Å²) in [5.41, 5.74) is 5.71. The Balaban J connectivity index is 1.75.